The first-order chi connectivity index (χ1) is 13.3. The standard InChI is InChI=1S/C25H39NO/c27-25-12-14-26(15-13-25)19-22(16-20-6-2-1-3-7-20)17-21-10-11-23-8-4-5-9-24(23)18-21/h1-3,6-7,21-25,27H,4-5,8-19H2. The molecule has 2 nitrogen and oxygen atoms in total. The van der Waals surface area contributed by atoms with Gasteiger partial charge in [0.05, 0.1) is 6.10 Å². The summed E-state index contributed by atoms with van der Waals surface area (Å²) in [7, 11) is 0. The van der Waals surface area contributed by atoms with Crippen LogP contribution in [0.2, 0.25) is 0 Å². The van der Waals surface area contributed by atoms with E-state index in [1.54, 1.807) is 0 Å². The first-order valence-corrected chi connectivity index (χ1v) is 11.7. The summed E-state index contributed by atoms with van der Waals surface area (Å²) in [6.45, 7) is 3.40. The molecule has 0 aromatic heterocycles. The van der Waals surface area contributed by atoms with E-state index >= 15 is 0 Å². The van der Waals surface area contributed by atoms with Crippen LogP contribution in [0.1, 0.15) is 69.8 Å². The van der Waals surface area contributed by atoms with Crippen molar-refractivity contribution in [2.24, 2.45) is 23.7 Å². The largest absolute Gasteiger partial charge is 0.393 e. The molecule has 2 aliphatic carbocycles. The highest BCUT2D eigenvalue weighted by Crippen LogP contribution is 2.44. The van der Waals surface area contributed by atoms with Crippen LogP contribution in [-0.2, 0) is 6.42 Å². The number of piperidine rings is 1. The SMILES string of the molecule is OC1CCN(CC(Cc2ccccc2)CC2CCC3CCCCC3C2)CC1. The van der Waals surface area contributed by atoms with E-state index in [1.165, 1.54) is 69.9 Å². The molecule has 0 spiro atoms. The molecule has 0 radical (unpaired) electrons. The van der Waals surface area contributed by atoms with E-state index in [0.29, 0.717) is 0 Å². The Hall–Kier alpha value is -0.860. The third-order valence-electron chi connectivity index (χ3n) is 7.76. The number of hydrogen-bond acceptors (Lipinski definition) is 2. The zero-order valence-corrected chi connectivity index (χ0v) is 17.1. The van der Waals surface area contributed by atoms with Gasteiger partial charge in [0.1, 0.15) is 0 Å². The van der Waals surface area contributed by atoms with Crippen LogP contribution >= 0.6 is 0 Å². The molecule has 0 amide bonds. The van der Waals surface area contributed by atoms with E-state index in [-0.39, 0.29) is 6.10 Å². The van der Waals surface area contributed by atoms with Crippen molar-refractivity contribution in [3.05, 3.63) is 35.9 Å². The zero-order valence-electron chi connectivity index (χ0n) is 17.1. The van der Waals surface area contributed by atoms with E-state index in [0.717, 1.165) is 49.6 Å². The van der Waals surface area contributed by atoms with Crippen LogP contribution in [0.5, 0.6) is 0 Å². The summed E-state index contributed by atoms with van der Waals surface area (Å²) in [6, 6.07) is 11.1. The van der Waals surface area contributed by atoms with Crippen LogP contribution in [0.3, 0.4) is 0 Å². The molecular weight excluding hydrogens is 330 g/mol. The Kier molecular flexibility index (Phi) is 6.89. The lowest BCUT2D eigenvalue weighted by Gasteiger charge is -2.41. The number of hydrogen-bond donors (Lipinski definition) is 1. The second-order valence-corrected chi connectivity index (χ2v) is 9.81. The van der Waals surface area contributed by atoms with Gasteiger partial charge in [-0.05, 0) is 67.8 Å². The van der Waals surface area contributed by atoms with Crippen molar-refractivity contribution in [3.8, 4) is 0 Å². The lowest BCUT2D eigenvalue weighted by atomic mass is 9.66. The minimum absolute atomic E-state index is 0.0598. The number of benzene rings is 1. The highest BCUT2D eigenvalue weighted by Gasteiger charge is 2.33. The van der Waals surface area contributed by atoms with Gasteiger partial charge in [-0.25, -0.2) is 0 Å². The normalized spacial score (nSPS) is 31.4. The predicted molar refractivity (Wildman–Crippen MR) is 113 cm³/mol. The Bertz CT molecular complexity index is 551. The van der Waals surface area contributed by atoms with Crippen LogP contribution in [0, 0.1) is 23.7 Å². The minimum atomic E-state index is -0.0598. The third-order valence-corrected chi connectivity index (χ3v) is 7.76. The molecule has 4 unspecified atom stereocenters. The summed E-state index contributed by atoms with van der Waals surface area (Å²) >= 11 is 0. The Morgan fingerprint density at radius 3 is 2.41 bits per heavy atom. The van der Waals surface area contributed by atoms with E-state index < -0.39 is 0 Å². The quantitative estimate of drug-likeness (QED) is 0.735. The Labute approximate surface area is 166 Å². The molecule has 150 valence electrons. The predicted octanol–water partition coefficient (Wildman–Crippen LogP) is 5.30. The summed E-state index contributed by atoms with van der Waals surface area (Å²) < 4.78 is 0. The van der Waals surface area contributed by atoms with Crippen LogP contribution in [0.4, 0.5) is 0 Å². The van der Waals surface area contributed by atoms with Gasteiger partial charge >= 0.3 is 0 Å². The molecule has 1 N–H and O–H groups in total. The van der Waals surface area contributed by atoms with Crippen LogP contribution in [0.25, 0.3) is 0 Å². The fourth-order valence-electron chi connectivity index (χ4n) is 6.29. The molecule has 3 aliphatic rings. The highest BCUT2D eigenvalue weighted by molar-refractivity contribution is 5.15. The average Bonchev–Trinajstić information content (AvgIpc) is 2.70. The molecule has 1 aromatic carbocycles. The third kappa shape index (κ3) is 5.57. The van der Waals surface area contributed by atoms with Gasteiger partial charge < -0.3 is 10.0 Å². The molecule has 3 fully saturated rings. The van der Waals surface area contributed by atoms with Gasteiger partial charge in [-0.2, -0.15) is 0 Å². The van der Waals surface area contributed by atoms with Crippen molar-refractivity contribution in [3.63, 3.8) is 0 Å². The molecule has 2 saturated carbocycles. The Balaban J connectivity index is 1.36. The van der Waals surface area contributed by atoms with Gasteiger partial charge in [-0.1, -0.05) is 62.4 Å². The fraction of sp³-hybridized carbons (Fsp3) is 0.760. The van der Waals surface area contributed by atoms with Crippen molar-refractivity contribution in [2.75, 3.05) is 19.6 Å². The van der Waals surface area contributed by atoms with Gasteiger partial charge in [0, 0.05) is 19.6 Å². The first kappa shape index (κ1) is 19.5. The number of aliphatic hydroxyl groups excluding tert-OH is 1. The first-order valence-electron chi connectivity index (χ1n) is 11.7. The Morgan fingerprint density at radius 2 is 1.63 bits per heavy atom. The average molecular weight is 370 g/mol. The maximum absolute atomic E-state index is 9.84. The molecule has 2 heteroatoms. The van der Waals surface area contributed by atoms with Crippen molar-refractivity contribution < 1.29 is 5.11 Å². The molecule has 4 rings (SSSR count). The second-order valence-electron chi connectivity index (χ2n) is 9.81. The lowest BCUT2D eigenvalue weighted by molar-refractivity contribution is 0.0667. The smallest absolute Gasteiger partial charge is 0.0564 e. The van der Waals surface area contributed by atoms with Gasteiger partial charge in [0.15, 0.2) is 0 Å². The molecular formula is C25H39NO. The number of fused-ring (bicyclic) bond motifs is 1. The topological polar surface area (TPSA) is 23.5 Å². The van der Waals surface area contributed by atoms with Crippen LogP contribution in [-0.4, -0.2) is 35.7 Å². The van der Waals surface area contributed by atoms with Gasteiger partial charge in [-0.15, -0.1) is 0 Å². The van der Waals surface area contributed by atoms with E-state index in [4.69, 9.17) is 0 Å². The zero-order chi connectivity index (χ0) is 18.5. The summed E-state index contributed by atoms with van der Waals surface area (Å²) in [5, 5.41) is 9.84. The highest BCUT2D eigenvalue weighted by atomic mass is 16.3. The van der Waals surface area contributed by atoms with Gasteiger partial charge in [0.2, 0.25) is 0 Å². The van der Waals surface area contributed by atoms with Crippen molar-refractivity contribution in [1.82, 2.24) is 4.90 Å². The maximum Gasteiger partial charge on any atom is 0.0564 e. The van der Waals surface area contributed by atoms with Crippen LogP contribution in [0.15, 0.2) is 30.3 Å². The molecule has 4 atom stereocenters. The molecule has 27 heavy (non-hydrogen) atoms. The number of aliphatic hydroxyl groups is 1. The molecule has 1 heterocycles. The maximum atomic E-state index is 9.84. The van der Waals surface area contributed by atoms with Crippen molar-refractivity contribution >= 4 is 0 Å². The minimum Gasteiger partial charge on any atom is -0.393 e. The summed E-state index contributed by atoms with van der Waals surface area (Å²) in [5.74, 6) is 3.83. The summed E-state index contributed by atoms with van der Waals surface area (Å²) in [6.07, 6.45) is 15.0. The van der Waals surface area contributed by atoms with Gasteiger partial charge in [-0.3, -0.25) is 0 Å². The van der Waals surface area contributed by atoms with E-state index in [1.807, 2.05) is 0 Å². The number of likely N-dealkylation sites (tertiary alicyclic amines) is 1. The fourth-order valence-corrected chi connectivity index (χ4v) is 6.29. The molecule has 1 saturated heterocycles. The number of rotatable bonds is 6. The Morgan fingerprint density at radius 1 is 0.889 bits per heavy atom. The molecule has 0 bridgehead atoms. The lowest BCUT2D eigenvalue weighted by Crippen LogP contribution is -2.40. The number of nitrogens with zero attached hydrogens (tertiary/aromatic N) is 1. The second kappa shape index (κ2) is 9.56. The summed E-state index contributed by atoms with van der Waals surface area (Å²) in [4.78, 5) is 2.63. The monoisotopic (exact) mass is 369 g/mol. The molecule has 1 aliphatic heterocycles. The van der Waals surface area contributed by atoms with Crippen molar-refractivity contribution in [1.29, 1.82) is 0 Å². The van der Waals surface area contributed by atoms with Crippen LogP contribution < -0.4 is 0 Å². The van der Waals surface area contributed by atoms with E-state index in [2.05, 4.69) is 35.2 Å². The van der Waals surface area contributed by atoms with Gasteiger partial charge in [0.25, 0.3) is 0 Å². The van der Waals surface area contributed by atoms with Crippen molar-refractivity contribution in [2.45, 2.75) is 76.7 Å². The van der Waals surface area contributed by atoms with E-state index in [9.17, 15) is 5.11 Å². The summed E-state index contributed by atoms with van der Waals surface area (Å²) in [5.41, 5.74) is 1.51. The molecule has 1 aromatic rings.